The molecule has 5 nitrogen and oxygen atoms in total. The van der Waals surface area contributed by atoms with Gasteiger partial charge in [0.2, 0.25) is 5.91 Å². The second-order valence-corrected chi connectivity index (χ2v) is 8.84. The van der Waals surface area contributed by atoms with Crippen molar-refractivity contribution in [2.75, 3.05) is 18.0 Å². The Morgan fingerprint density at radius 1 is 1.03 bits per heavy atom. The number of piperidine rings is 1. The number of benzene rings is 2. The average molecular weight is 429 g/mol. The van der Waals surface area contributed by atoms with Gasteiger partial charge >= 0.3 is 0 Å². The van der Waals surface area contributed by atoms with Gasteiger partial charge < -0.3 is 10.2 Å². The van der Waals surface area contributed by atoms with E-state index >= 15 is 0 Å². The third-order valence-corrected chi connectivity index (χ3v) is 6.25. The molecule has 0 aliphatic carbocycles. The van der Waals surface area contributed by atoms with Crippen molar-refractivity contribution in [3.63, 3.8) is 0 Å². The van der Waals surface area contributed by atoms with Crippen molar-refractivity contribution in [3.05, 3.63) is 77.9 Å². The lowest BCUT2D eigenvalue weighted by Gasteiger charge is -2.32. The Morgan fingerprint density at radius 3 is 2.50 bits per heavy atom. The summed E-state index contributed by atoms with van der Waals surface area (Å²) >= 11 is 0. The van der Waals surface area contributed by atoms with Crippen molar-refractivity contribution >= 4 is 11.7 Å². The van der Waals surface area contributed by atoms with Gasteiger partial charge in [0.1, 0.15) is 0 Å². The van der Waals surface area contributed by atoms with Crippen molar-refractivity contribution < 1.29 is 4.79 Å². The highest BCUT2D eigenvalue weighted by Crippen LogP contribution is 2.24. The number of amides is 1. The van der Waals surface area contributed by atoms with E-state index in [9.17, 15) is 4.79 Å². The summed E-state index contributed by atoms with van der Waals surface area (Å²) in [5.74, 6) is 1.15. The topological polar surface area (TPSA) is 58.1 Å². The maximum atomic E-state index is 12.7. The number of nitrogens with zero attached hydrogens (tertiary/aromatic N) is 3. The number of nitrogens with one attached hydrogen (secondary N) is 1. The Labute approximate surface area is 190 Å². The SMILES string of the molecule is Cc1cccc(-c2ccc(N3CCC(C(=O)NC(C)CCc4ccccc4)CC3)nn2)c1. The fourth-order valence-electron chi connectivity index (χ4n) is 4.28. The van der Waals surface area contributed by atoms with Crippen LogP contribution < -0.4 is 10.2 Å². The highest BCUT2D eigenvalue weighted by Gasteiger charge is 2.26. The van der Waals surface area contributed by atoms with E-state index in [2.05, 4.69) is 76.7 Å². The van der Waals surface area contributed by atoms with Crippen molar-refractivity contribution in [3.8, 4) is 11.3 Å². The number of anilines is 1. The monoisotopic (exact) mass is 428 g/mol. The molecule has 1 fully saturated rings. The first-order valence-corrected chi connectivity index (χ1v) is 11.6. The van der Waals surface area contributed by atoms with Crippen LogP contribution in [0.3, 0.4) is 0 Å². The molecule has 2 heterocycles. The minimum Gasteiger partial charge on any atom is -0.355 e. The zero-order chi connectivity index (χ0) is 22.3. The smallest absolute Gasteiger partial charge is 0.223 e. The maximum Gasteiger partial charge on any atom is 0.223 e. The zero-order valence-corrected chi connectivity index (χ0v) is 19.0. The van der Waals surface area contributed by atoms with Crippen LogP contribution in [0.15, 0.2) is 66.7 Å². The van der Waals surface area contributed by atoms with E-state index in [0.717, 1.165) is 55.8 Å². The zero-order valence-electron chi connectivity index (χ0n) is 19.0. The van der Waals surface area contributed by atoms with Crippen LogP contribution in [0, 0.1) is 12.8 Å². The molecule has 2 aromatic carbocycles. The Kier molecular flexibility index (Phi) is 7.15. The molecule has 0 saturated carbocycles. The summed E-state index contributed by atoms with van der Waals surface area (Å²) < 4.78 is 0. The molecule has 166 valence electrons. The van der Waals surface area contributed by atoms with E-state index in [1.807, 2.05) is 24.3 Å². The second kappa shape index (κ2) is 10.4. The molecule has 1 unspecified atom stereocenters. The van der Waals surface area contributed by atoms with Crippen molar-refractivity contribution in [2.24, 2.45) is 5.92 Å². The van der Waals surface area contributed by atoms with Crippen LogP contribution in [0.1, 0.15) is 37.3 Å². The van der Waals surface area contributed by atoms with Gasteiger partial charge in [-0.1, -0.05) is 54.1 Å². The van der Waals surface area contributed by atoms with Crippen LogP contribution in [0.5, 0.6) is 0 Å². The molecule has 0 spiro atoms. The number of hydrogen-bond donors (Lipinski definition) is 1. The van der Waals surface area contributed by atoms with Gasteiger partial charge in [0, 0.05) is 30.6 Å². The molecule has 1 atom stereocenters. The molecular formula is C27H32N4O. The molecule has 1 saturated heterocycles. The molecule has 1 aromatic heterocycles. The molecule has 1 N–H and O–H groups in total. The molecule has 3 aromatic rings. The minimum absolute atomic E-state index is 0.0740. The van der Waals surface area contributed by atoms with Gasteiger partial charge in [-0.3, -0.25) is 4.79 Å². The van der Waals surface area contributed by atoms with E-state index in [1.165, 1.54) is 11.1 Å². The Bertz CT molecular complexity index is 1010. The van der Waals surface area contributed by atoms with Crippen LogP contribution in [0.4, 0.5) is 5.82 Å². The van der Waals surface area contributed by atoms with Crippen LogP contribution in [-0.4, -0.2) is 35.2 Å². The lowest BCUT2D eigenvalue weighted by Crippen LogP contribution is -2.43. The quantitative estimate of drug-likeness (QED) is 0.587. The molecule has 1 aliphatic rings. The maximum absolute atomic E-state index is 12.7. The largest absolute Gasteiger partial charge is 0.355 e. The number of hydrogen-bond acceptors (Lipinski definition) is 4. The number of carbonyl (C=O) groups excluding carboxylic acids is 1. The molecular weight excluding hydrogens is 396 g/mol. The van der Waals surface area contributed by atoms with Gasteiger partial charge in [-0.15, -0.1) is 10.2 Å². The summed E-state index contributed by atoms with van der Waals surface area (Å²) in [6.07, 6.45) is 3.63. The second-order valence-electron chi connectivity index (χ2n) is 8.84. The van der Waals surface area contributed by atoms with Gasteiger partial charge in [-0.05, 0) is 63.3 Å². The Hall–Kier alpha value is -3.21. The van der Waals surface area contributed by atoms with Crippen LogP contribution in [0.2, 0.25) is 0 Å². The minimum atomic E-state index is 0.0740. The summed E-state index contributed by atoms with van der Waals surface area (Å²) in [5.41, 5.74) is 4.50. The third-order valence-electron chi connectivity index (χ3n) is 6.25. The summed E-state index contributed by atoms with van der Waals surface area (Å²) in [5, 5.41) is 12.1. The molecule has 5 heteroatoms. The van der Waals surface area contributed by atoms with E-state index < -0.39 is 0 Å². The lowest BCUT2D eigenvalue weighted by atomic mass is 9.95. The van der Waals surface area contributed by atoms with E-state index in [-0.39, 0.29) is 17.9 Å². The molecule has 1 aliphatic heterocycles. The van der Waals surface area contributed by atoms with Gasteiger partial charge in [0.15, 0.2) is 5.82 Å². The van der Waals surface area contributed by atoms with E-state index in [1.54, 1.807) is 0 Å². The normalized spacial score (nSPS) is 15.4. The molecule has 32 heavy (non-hydrogen) atoms. The van der Waals surface area contributed by atoms with E-state index in [4.69, 9.17) is 0 Å². The summed E-state index contributed by atoms with van der Waals surface area (Å²) in [7, 11) is 0. The summed E-state index contributed by atoms with van der Waals surface area (Å²) in [6, 6.07) is 23.0. The van der Waals surface area contributed by atoms with Crippen LogP contribution in [0.25, 0.3) is 11.3 Å². The average Bonchev–Trinajstić information content (AvgIpc) is 2.83. The molecule has 0 radical (unpaired) electrons. The first kappa shape index (κ1) is 22.0. The van der Waals surface area contributed by atoms with Gasteiger partial charge in [0.25, 0.3) is 0 Å². The van der Waals surface area contributed by atoms with Crippen LogP contribution in [-0.2, 0) is 11.2 Å². The highest BCUT2D eigenvalue weighted by molar-refractivity contribution is 5.79. The summed E-state index contributed by atoms with van der Waals surface area (Å²) in [4.78, 5) is 15.0. The first-order valence-electron chi connectivity index (χ1n) is 11.6. The number of aryl methyl sites for hydroxylation is 2. The predicted octanol–water partition coefficient (Wildman–Crippen LogP) is 4.81. The molecule has 1 amide bonds. The Morgan fingerprint density at radius 2 is 1.81 bits per heavy atom. The lowest BCUT2D eigenvalue weighted by molar-refractivity contribution is -0.126. The fraction of sp³-hybridized carbons (Fsp3) is 0.370. The predicted molar refractivity (Wildman–Crippen MR) is 130 cm³/mol. The van der Waals surface area contributed by atoms with E-state index in [0.29, 0.717) is 0 Å². The van der Waals surface area contributed by atoms with Gasteiger partial charge in [0.05, 0.1) is 5.69 Å². The summed E-state index contributed by atoms with van der Waals surface area (Å²) in [6.45, 7) is 5.83. The van der Waals surface area contributed by atoms with Crippen LogP contribution >= 0.6 is 0 Å². The molecule has 4 rings (SSSR count). The molecule has 0 bridgehead atoms. The standard InChI is InChI=1S/C27H32N4O/c1-20-7-6-10-24(19-20)25-13-14-26(30-29-25)31-17-15-23(16-18-31)27(32)28-21(2)11-12-22-8-4-3-5-9-22/h3-10,13-14,19,21,23H,11-12,15-18H2,1-2H3,(H,28,32). The highest BCUT2D eigenvalue weighted by atomic mass is 16.1. The third kappa shape index (κ3) is 5.72. The van der Waals surface area contributed by atoms with Crippen molar-refractivity contribution in [1.82, 2.24) is 15.5 Å². The number of rotatable bonds is 7. The first-order chi connectivity index (χ1) is 15.6. The van der Waals surface area contributed by atoms with Crippen molar-refractivity contribution in [2.45, 2.75) is 45.6 Å². The van der Waals surface area contributed by atoms with Gasteiger partial charge in [-0.25, -0.2) is 0 Å². The number of carbonyl (C=O) groups is 1. The Balaban J connectivity index is 1.25. The number of aromatic nitrogens is 2. The fourth-order valence-corrected chi connectivity index (χ4v) is 4.28. The van der Waals surface area contributed by atoms with Gasteiger partial charge in [-0.2, -0.15) is 0 Å². The van der Waals surface area contributed by atoms with Crippen molar-refractivity contribution in [1.29, 1.82) is 0 Å².